The molecule has 0 N–H and O–H groups in total. The van der Waals surface area contributed by atoms with Crippen LogP contribution < -0.4 is 9.64 Å². The zero-order valence-corrected chi connectivity index (χ0v) is 15.8. The second kappa shape index (κ2) is 7.31. The lowest BCUT2D eigenvalue weighted by Gasteiger charge is -2.17. The molecule has 140 valence electrons. The van der Waals surface area contributed by atoms with Crippen molar-refractivity contribution in [2.75, 3.05) is 18.6 Å². The number of halogens is 1. The first-order valence-electron chi connectivity index (χ1n) is 9.09. The van der Waals surface area contributed by atoms with Crippen LogP contribution in [0.4, 0.5) is 10.1 Å². The Morgan fingerprint density at radius 2 is 1.61 bits per heavy atom. The molecular formula is C24H20FNO2. The monoisotopic (exact) mass is 373 g/mol. The van der Waals surface area contributed by atoms with Gasteiger partial charge in [-0.2, -0.15) is 0 Å². The van der Waals surface area contributed by atoms with Crippen LogP contribution >= 0.6 is 0 Å². The fourth-order valence-electron chi connectivity index (χ4n) is 3.47. The molecule has 0 spiro atoms. The van der Waals surface area contributed by atoms with Crippen molar-refractivity contribution in [3.8, 4) is 5.75 Å². The summed E-state index contributed by atoms with van der Waals surface area (Å²) >= 11 is 0. The molecule has 28 heavy (non-hydrogen) atoms. The summed E-state index contributed by atoms with van der Waals surface area (Å²) in [7, 11) is 1.61. The van der Waals surface area contributed by atoms with Crippen LogP contribution in [0.15, 0.2) is 72.8 Å². The lowest BCUT2D eigenvalue weighted by molar-refractivity contribution is -0.112. The number of ether oxygens (including phenoxy) is 1. The molecule has 0 saturated heterocycles. The van der Waals surface area contributed by atoms with Gasteiger partial charge in [-0.25, -0.2) is 4.39 Å². The van der Waals surface area contributed by atoms with Gasteiger partial charge in [-0.3, -0.25) is 4.79 Å². The van der Waals surface area contributed by atoms with Crippen LogP contribution in [0.1, 0.15) is 16.7 Å². The largest absolute Gasteiger partial charge is 0.497 e. The highest BCUT2D eigenvalue weighted by atomic mass is 19.1. The van der Waals surface area contributed by atoms with Gasteiger partial charge in [-0.05, 0) is 54.0 Å². The zero-order chi connectivity index (χ0) is 19.7. The summed E-state index contributed by atoms with van der Waals surface area (Å²) in [6, 6.07) is 21.7. The highest BCUT2D eigenvalue weighted by Gasteiger charge is 2.33. The normalized spacial score (nSPS) is 14.0. The first kappa shape index (κ1) is 18.0. The van der Waals surface area contributed by atoms with E-state index in [0.717, 1.165) is 28.0 Å². The molecule has 3 nitrogen and oxygen atoms in total. The number of hydrogen-bond acceptors (Lipinski definition) is 2. The van der Waals surface area contributed by atoms with E-state index in [-0.39, 0.29) is 11.7 Å². The third-order valence-electron chi connectivity index (χ3n) is 4.98. The molecule has 4 rings (SSSR count). The maximum absolute atomic E-state index is 13.8. The first-order valence-corrected chi connectivity index (χ1v) is 9.09. The molecule has 0 atom stereocenters. The van der Waals surface area contributed by atoms with E-state index in [9.17, 15) is 9.18 Å². The quantitative estimate of drug-likeness (QED) is 0.637. The van der Waals surface area contributed by atoms with Crippen molar-refractivity contribution in [2.45, 2.75) is 6.92 Å². The third-order valence-corrected chi connectivity index (χ3v) is 4.98. The highest BCUT2D eigenvalue weighted by molar-refractivity contribution is 6.36. The van der Waals surface area contributed by atoms with E-state index in [2.05, 4.69) is 0 Å². The Hall–Kier alpha value is -3.40. The SMILES string of the molecule is COc1ccc(C2=C(c3ccc(C)cc3)CN(c3cccc(F)c3)C2=O)cc1. The molecule has 1 aliphatic heterocycles. The van der Waals surface area contributed by atoms with Gasteiger partial charge in [0.2, 0.25) is 0 Å². The Labute approximate surface area is 163 Å². The predicted molar refractivity (Wildman–Crippen MR) is 110 cm³/mol. The van der Waals surface area contributed by atoms with Gasteiger partial charge in [0.05, 0.1) is 19.2 Å². The fourth-order valence-corrected chi connectivity index (χ4v) is 3.47. The molecule has 1 amide bonds. The number of carbonyl (C=O) groups excluding carboxylic acids is 1. The minimum atomic E-state index is -0.361. The molecule has 4 heteroatoms. The van der Waals surface area contributed by atoms with Gasteiger partial charge in [-0.15, -0.1) is 0 Å². The Morgan fingerprint density at radius 3 is 2.25 bits per heavy atom. The number of rotatable bonds is 4. The van der Waals surface area contributed by atoms with Crippen molar-refractivity contribution in [2.24, 2.45) is 0 Å². The van der Waals surface area contributed by atoms with Gasteiger partial charge >= 0.3 is 0 Å². The second-order valence-electron chi connectivity index (χ2n) is 6.82. The van der Waals surface area contributed by atoms with Crippen LogP contribution in [-0.4, -0.2) is 19.6 Å². The summed E-state index contributed by atoms with van der Waals surface area (Å²) in [6.07, 6.45) is 0. The second-order valence-corrected chi connectivity index (χ2v) is 6.82. The molecule has 0 fully saturated rings. The Morgan fingerprint density at radius 1 is 0.929 bits per heavy atom. The number of methoxy groups -OCH3 is 1. The molecule has 0 saturated carbocycles. The summed E-state index contributed by atoms with van der Waals surface area (Å²) in [5.74, 6) is 0.236. The van der Waals surface area contributed by atoms with Gasteiger partial charge < -0.3 is 9.64 Å². The van der Waals surface area contributed by atoms with Gasteiger partial charge in [0.1, 0.15) is 11.6 Å². The number of carbonyl (C=O) groups is 1. The Balaban J connectivity index is 1.82. The summed E-state index contributed by atoms with van der Waals surface area (Å²) in [5, 5.41) is 0. The number of benzene rings is 3. The molecule has 1 heterocycles. The topological polar surface area (TPSA) is 29.5 Å². The van der Waals surface area contributed by atoms with Crippen LogP contribution in [0.2, 0.25) is 0 Å². The van der Waals surface area contributed by atoms with Gasteiger partial charge in [0.15, 0.2) is 0 Å². The molecule has 3 aromatic carbocycles. The number of aryl methyl sites for hydroxylation is 1. The van der Waals surface area contributed by atoms with E-state index in [1.165, 1.54) is 12.1 Å². The van der Waals surface area contributed by atoms with Gasteiger partial charge in [0.25, 0.3) is 5.91 Å². The standard InChI is InChI=1S/C24H20FNO2/c1-16-6-8-17(9-7-16)22-15-26(20-5-3-4-19(25)14-20)24(27)23(22)18-10-12-21(28-2)13-11-18/h3-14H,15H2,1-2H3. The van der Waals surface area contributed by atoms with Crippen molar-refractivity contribution < 1.29 is 13.9 Å². The minimum absolute atomic E-state index is 0.133. The molecule has 0 aromatic heterocycles. The Bertz CT molecular complexity index is 1050. The summed E-state index contributed by atoms with van der Waals surface area (Å²) < 4.78 is 19.0. The van der Waals surface area contributed by atoms with Crippen molar-refractivity contribution in [3.05, 3.63) is 95.3 Å². The van der Waals surface area contributed by atoms with E-state index in [1.807, 2.05) is 55.5 Å². The lowest BCUT2D eigenvalue weighted by Crippen LogP contribution is -2.26. The minimum Gasteiger partial charge on any atom is -0.497 e. The van der Waals surface area contributed by atoms with Gasteiger partial charge in [0, 0.05) is 5.69 Å². The number of hydrogen-bond donors (Lipinski definition) is 0. The fraction of sp³-hybridized carbons (Fsp3) is 0.125. The predicted octanol–water partition coefficient (Wildman–Crippen LogP) is 5.10. The van der Waals surface area contributed by atoms with Crippen molar-refractivity contribution in [1.29, 1.82) is 0 Å². The van der Waals surface area contributed by atoms with E-state index in [4.69, 9.17) is 4.74 Å². The van der Waals surface area contributed by atoms with E-state index < -0.39 is 0 Å². The van der Waals surface area contributed by atoms with Crippen LogP contribution in [0.25, 0.3) is 11.1 Å². The van der Waals surface area contributed by atoms with Crippen LogP contribution in [0.5, 0.6) is 5.75 Å². The van der Waals surface area contributed by atoms with Crippen LogP contribution in [0, 0.1) is 12.7 Å². The molecular weight excluding hydrogens is 353 g/mol. The van der Waals surface area contributed by atoms with Crippen LogP contribution in [0.3, 0.4) is 0 Å². The molecule has 0 unspecified atom stereocenters. The number of nitrogens with zero attached hydrogens (tertiary/aromatic N) is 1. The summed E-state index contributed by atoms with van der Waals surface area (Å²) in [4.78, 5) is 15.0. The third kappa shape index (κ3) is 3.29. The smallest absolute Gasteiger partial charge is 0.259 e. The van der Waals surface area contributed by atoms with E-state index >= 15 is 0 Å². The number of anilines is 1. The first-order chi connectivity index (χ1) is 13.6. The molecule has 0 radical (unpaired) electrons. The molecule has 0 bridgehead atoms. The zero-order valence-electron chi connectivity index (χ0n) is 15.8. The molecule has 0 aliphatic carbocycles. The summed E-state index contributed by atoms with van der Waals surface area (Å²) in [6.45, 7) is 2.42. The Kier molecular flexibility index (Phi) is 4.70. The number of amides is 1. The maximum atomic E-state index is 13.8. The summed E-state index contributed by atoms with van der Waals surface area (Å²) in [5.41, 5.74) is 5.08. The van der Waals surface area contributed by atoms with E-state index in [0.29, 0.717) is 17.8 Å². The van der Waals surface area contributed by atoms with Crippen molar-refractivity contribution in [1.82, 2.24) is 0 Å². The molecule has 1 aliphatic rings. The van der Waals surface area contributed by atoms with E-state index in [1.54, 1.807) is 24.1 Å². The van der Waals surface area contributed by atoms with Crippen molar-refractivity contribution >= 4 is 22.7 Å². The molecule has 3 aromatic rings. The maximum Gasteiger partial charge on any atom is 0.259 e. The van der Waals surface area contributed by atoms with Gasteiger partial charge in [-0.1, -0.05) is 48.0 Å². The highest BCUT2D eigenvalue weighted by Crippen LogP contribution is 2.37. The average molecular weight is 373 g/mol. The van der Waals surface area contributed by atoms with Crippen molar-refractivity contribution in [3.63, 3.8) is 0 Å². The lowest BCUT2D eigenvalue weighted by atomic mass is 9.96. The average Bonchev–Trinajstić information content (AvgIpc) is 3.06. The van der Waals surface area contributed by atoms with Crippen LogP contribution in [-0.2, 0) is 4.79 Å².